The fourth-order valence-corrected chi connectivity index (χ4v) is 4.65. The summed E-state index contributed by atoms with van der Waals surface area (Å²) >= 11 is 0. The van der Waals surface area contributed by atoms with Crippen LogP contribution in [-0.2, 0) is 6.73 Å². The molecule has 33 heavy (non-hydrogen) atoms. The predicted molar refractivity (Wildman–Crippen MR) is 113 cm³/mol. The summed E-state index contributed by atoms with van der Waals surface area (Å²) in [6, 6.07) is 1.16. The van der Waals surface area contributed by atoms with Gasteiger partial charge in [-0.15, -0.1) is 0 Å². The van der Waals surface area contributed by atoms with Crippen LogP contribution in [0.15, 0.2) is 28.0 Å². The fraction of sp³-hybridized carbons (Fsp3) is 0.524. The SMILES string of the molecule is N#CC[C@@H](NCC1CCC(n2c(=O)[nH]c(=O)c3cnc4c(ccn4CO)c32)CC1)C(F)(F)F. The van der Waals surface area contributed by atoms with Crippen molar-refractivity contribution in [1.82, 2.24) is 24.4 Å². The van der Waals surface area contributed by atoms with E-state index in [1.54, 1.807) is 22.9 Å². The van der Waals surface area contributed by atoms with Gasteiger partial charge in [0.25, 0.3) is 5.56 Å². The van der Waals surface area contributed by atoms with Gasteiger partial charge >= 0.3 is 11.9 Å². The first kappa shape index (κ1) is 23.0. The smallest absolute Gasteiger partial charge is 0.376 e. The lowest BCUT2D eigenvalue weighted by Crippen LogP contribution is -2.44. The zero-order chi connectivity index (χ0) is 23.8. The maximum Gasteiger partial charge on any atom is 0.404 e. The van der Waals surface area contributed by atoms with Crippen molar-refractivity contribution in [2.24, 2.45) is 5.92 Å². The summed E-state index contributed by atoms with van der Waals surface area (Å²) in [7, 11) is 0. The van der Waals surface area contributed by atoms with Crippen molar-refractivity contribution in [3.8, 4) is 6.07 Å². The van der Waals surface area contributed by atoms with Crippen molar-refractivity contribution in [3.63, 3.8) is 0 Å². The van der Waals surface area contributed by atoms with E-state index < -0.39 is 29.9 Å². The second kappa shape index (κ2) is 8.99. The first-order valence-corrected chi connectivity index (χ1v) is 10.6. The molecule has 3 aromatic rings. The lowest BCUT2D eigenvalue weighted by molar-refractivity contribution is -0.155. The van der Waals surface area contributed by atoms with Crippen molar-refractivity contribution in [2.45, 2.75) is 57.1 Å². The van der Waals surface area contributed by atoms with Crippen LogP contribution in [0.25, 0.3) is 21.9 Å². The molecular weight excluding hydrogens is 441 g/mol. The molecule has 0 saturated heterocycles. The van der Waals surface area contributed by atoms with E-state index in [0.717, 1.165) is 0 Å². The number of aromatic amines is 1. The number of hydrogen-bond donors (Lipinski definition) is 3. The van der Waals surface area contributed by atoms with Crippen LogP contribution in [-0.4, -0.2) is 43.0 Å². The van der Waals surface area contributed by atoms with Crippen molar-refractivity contribution in [3.05, 3.63) is 39.3 Å². The third-order valence-electron chi connectivity index (χ3n) is 6.36. The Morgan fingerprint density at radius 3 is 2.64 bits per heavy atom. The number of alkyl halides is 3. The van der Waals surface area contributed by atoms with Crippen LogP contribution in [0.3, 0.4) is 0 Å². The number of aromatic nitrogens is 4. The number of nitriles is 1. The van der Waals surface area contributed by atoms with Crippen LogP contribution in [0.1, 0.15) is 38.1 Å². The number of H-pyrrole nitrogens is 1. The third-order valence-corrected chi connectivity index (χ3v) is 6.36. The Hall–Kier alpha value is -3.17. The Bertz CT molecular complexity index is 1310. The van der Waals surface area contributed by atoms with E-state index in [4.69, 9.17) is 5.26 Å². The molecule has 1 saturated carbocycles. The quantitative estimate of drug-likeness (QED) is 0.513. The highest BCUT2D eigenvalue weighted by Gasteiger charge is 2.39. The van der Waals surface area contributed by atoms with Crippen LogP contribution in [0.5, 0.6) is 0 Å². The number of pyridine rings is 1. The summed E-state index contributed by atoms with van der Waals surface area (Å²) in [6.45, 7) is -0.175. The molecule has 4 rings (SSSR count). The number of rotatable bonds is 6. The van der Waals surface area contributed by atoms with Crippen molar-refractivity contribution in [2.75, 3.05) is 6.54 Å². The molecule has 0 amide bonds. The number of nitrogens with zero attached hydrogens (tertiary/aromatic N) is 4. The zero-order valence-electron chi connectivity index (χ0n) is 17.6. The molecule has 3 heterocycles. The van der Waals surface area contributed by atoms with E-state index in [2.05, 4.69) is 15.3 Å². The maximum atomic E-state index is 13.0. The normalized spacial score (nSPS) is 20.2. The highest BCUT2D eigenvalue weighted by atomic mass is 19.4. The Morgan fingerprint density at radius 2 is 2.00 bits per heavy atom. The monoisotopic (exact) mass is 464 g/mol. The number of halogens is 3. The van der Waals surface area contributed by atoms with Gasteiger partial charge in [-0.2, -0.15) is 18.4 Å². The van der Waals surface area contributed by atoms with E-state index in [0.29, 0.717) is 42.2 Å². The molecule has 9 nitrogen and oxygen atoms in total. The molecule has 0 aromatic carbocycles. The van der Waals surface area contributed by atoms with Gasteiger partial charge in [0.05, 0.1) is 23.4 Å². The summed E-state index contributed by atoms with van der Waals surface area (Å²) in [5, 5.41) is 21.5. The second-order valence-corrected chi connectivity index (χ2v) is 8.35. The van der Waals surface area contributed by atoms with Crippen LogP contribution >= 0.6 is 0 Å². The molecule has 1 atom stereocenters. The standard InChI is InChI=1S/C21H23F3N6O3/c22-21(23,24)16(5-7-25)26-9-12-1-3-13(4-2-12)30-17-14-6-8-29(11-31)18(14)27-10-15(17)19(32)28-20(30)33/h6,8,10,12-13,16,26,31H,1-5,9,11H2,(H,28,32,33)/t12?,13?,16-/m1/s1. The van der Waals surface area contributed by atoms with Gasteiger partial charge in [-0.05, 0) is 44.2 Å². The van der Waals surface area contributed by atoms with E-state index in [9.17, 15) is 27.9 Å². The van der Waals surface area contributed by atoms with Crippen LogP contribution in [0, 0.1) is 17.2 Å². The average molecular weight is 464 g/mol. The van der Waals surface area contributed by atoms with Crippen LogP contribution < -0.4 is 16.6 Å². The minimum absolute atomic E-state index is 0.0216. The fourth-order valence-electron chi connectivity index (χ4n) is 4.65. The molecule has 0 bridgehead atoms. The Kier molecular flexibility index (Phi) is 6.27. The summed E-state index contributed by atoms with van der Waals surface area (Å²) in [5.74, 6) is -0.0216. The van der Waals surface area contributed by atoms with Crippen LogP contribution in [0.4, 0.5) is 13.2 Å². The molecular formula is C21H23F3N6O3. The number of fused-ring (bicyclic) bond motifs is 3. The van der Waals surface area contributed by atoms with Gasteiger partial charge in [0.2, 0.25) is 0 Å². The minimum Gasteiger partial charge on any atom is -0.376 e. The molecule has 3 N–H and O–H groups in total. The molecule has 3 aromatic heterocycles. The van der Waals surface area contributed by atoms with Crippen molar-refractivity contribution >= 4 is 21.9 Å². The molecule has 0 radical (unpaired) electrons. The van der Waals surface area contributed by atoms with Crippen molar-refractivity contribution in [1.29, 1.82) is 5.26 Å². The summed E-state index contributed by atoms with van der Waals surface area (Å²) in [5.41, 5.74) is -0.221. The summed E-state index contributed by atoms with van der Waals surface area (Å²) in [6.07, 6.45) is 0.143. The largest absolute Gasteiger partial charge is 0.404 e. The number of aliphatic hydroxyl groups is 1. The Labute approximate surface area is 185 Å². The third kappa shape index (κ3) is 4.38. The van der Waals surface area contributed by atoms with Gasteiger partial charge in [-0.3, -0.25) is 14.3 Å². The van der Waals surface area contributed by atoms with Crippen LogP contribution in [0.2, 0.25) is 0 Å². The second-order valence-electron chi connectivity index (χ2n) is 8.35. The predicted octanol–water partition coefficient (Wildman–Crippen LogP) is 2.15. The zero-order valence-corrected chi connectivity index (χ0v) is 17.6. The molecule has 1 fully saturated rings. The molecule has 176 valence electrons. The molecule has 0 aliphatic heterocycles. The van der Waals surface area contributed by atoms with Gasteiger partial charge in [0.15, 0.2) is 0 Å². The highest BCUT2D eigenvalue weighted by molar-refractivity contribution is 6.02. The summed E-state index contributed by atoms with van der Waals surface area (Å²) in [4.78, 5) is 31.8. The van der Waals surface area contributed by atoms with Crippen molar-refractivity contribution < 1.29 is 18.3 Å². The topological polar surface area (TPSA) is 129 Å². The first-order chi connectivity index (χ1) is 15.7. The lowest BCUT2D eigenvalue weighted by Gasteiger charge is -2.31. The first-order valence-electron chi connectivity index (χ1n) is 10.6. The van der Waals surface area contributed by atoms with Gasteiger partial charge in [-0.1, -0.05) is 0 Å². The summed E-state index contributed by atoms with van der Waals surface area (Å²) < 4.78 is 42.1. The van der Waals surface area contributed by atoms with E-state index in [1.807, 2.05) is 0 Å². The van der Waals surface area contributed by atoms with Gasteiger partial charge < -0.3 is 15.0 Å². The average Bonchev–Trinajstić information content (AvgIpc) is 3.20. The number of hydrogen-bond acceptors (Lipinski definition) is 6. The molecule has 1 aliphatic carbocycles. The van der Waals surface area contributed by atoms with Gasteiger partial charge in [-0.25, -0.2) is 9.78 Å². The molecule has 12 heteroatoms. The van der Waals surface area contributed by atoms with Gasteiger partial charge in [0, 0.05) is 23.8 Å². The molecule has 1 aliphatic rings. The van der Waals surface area contributed by atoms with E-state index in [-0.39, 0.29) is 30.6 Å². The molecule has 0 unspecified atom stereocenters. The highest BCUT2D eigenvalue weighted by Crippen LogP contribution is 2.34. The van der Waals surface area contributed by atoms with E-state index >= 15 is 0 Å². The minimum atomic E-state index is -4.49. The lowest BCUT2D eigenvalue weighted by atomic mass is 9.85. The van der Waals surface area contributed by atoms with Gasteiger partial charge in [0.1, 0.15) is 18.4 Å². The number of nitrogens with one attached hydrogen (secondary N) is 2. The molecule has 0 spiro atoms. The number of aliphatic hydroxyl groups excluding tert-OH is 1. The Morgan fingerprint density at radius 1 is 1.27 bits per heavy atom. The van der Waals surface area contributed by atoms with E-state index in [1.165, 1.54) is 10.8 Å². The Balaban J connectivity index is 1.59. The maximum absolute atomic E-state index is 13.0.